The van der Waals surface area contributed by atoms with E-state index in [4.69, 9.17) is 0 Å². The molecular formula is C20H28O2. The molecule has 0 unspecified atom stereocenters. The van der Waals surface area contributed by atoms with Gasteiger partial charge in [-0.15, -0.1) is 0 Å². The first kappa shape index (κ1) is 15.6. The second kappa shape index (κ2) is 4.84. The van der Waals surface area contributed by atoms with Crippen molar-refractivity contribution in [2.45, 2.75) is 71.6 Å². The van der Waals surface area contributed by atoms with Gasteiger partial charge in [0.05, 0.1) is 5.56 Å². The number of phenols is 1. The number of benzene rings is 1. The number of phenolic OH excluding ortho intramolecular Hbond substituents is 1. The molecule has 22 heavy (non-hydrogen) atoms. The number of hydrogen-bond acceptors (Lipinski definition) is 2. The number of hydrogen-bond donors (Lipinski definition) is 1. The molecule has 1 fully saturated rings. The highest BCUT2D eigenvalue weighted by molar-refractivity contribution is 6.02. The zero-order valence-corrected chi connectivity index (χ0v) is 14.5. The summed E-state index contributed by atoms with van der Waals surface area (Å²) in [6.45, 7) is 11.0. The molecule has 0 bridgehead atoms. The molecule has 1 saturated carbocycles. The zero-order chi connectivity index (χ0) is 16.3. The Bertz CT molecular complexity index is 627. The molecular weight excluding hydrogens is 272 g/mol. The van der Waals surface area contributed by atoms with Crippen molar-refractivity contribution in [3.63, 3.8) is 0 Å². The van der Waals surface area contributed by atoms with Crippen molar-refractivity contribution in [3.05, 3.63) is 28.8 Å². The highest BCUT2D eigenvalue weighted by Gasteiger charge is 2.52. The lowest BCUT2D eigenvalue weighted by molar-refractivity contribution is 0.0364. The summed E-state index contributed by atoms with van der Waals surface area (Å²) in [5.74, 6) is 0.970. The van der Waals surface area contributed by atoms with E-state index in [9.17, 15) is 9.90 Å². The minimum absolute atomic E-state index is 0.0119. The third kappa shape index (κ3) is 2.03. The minimum atomic E-state index is 0.0119. The number of carbonyl (C=O) groups is 1. The van der Waals surface area contributed by atoms with E-state index in [1.54, 1.807) is 0 Å². The molecule has 1 aromatic carbocycles. The van der Waals surface area contributed by atoms with Crippen LogP contribution in [0.2, 0.25) is 0 Å². The van der Waals surface area contributed by atoms with Crippen molar-refractivity contribution >= 4 is 5.78 Å². The molecule has 0 amide bonds. The van der Waals surface area contributed by atoms with Gasteiger partial charge in [0.15, 0.2) is 5.78 Å². The van der Waals surface area contributed by atoms with E-state index in [0.717, 1.165) is 17.5 Å². The third-order valence-electron chi connectivity index (χ3n) is 6.34. The van der Waals surface area contributed by atoms with Gasteiger partial charge in [-0.05, 0) is 46.6 Å². The molecule has 120 valence electrons. The molecule has 0 saturated heterocycles. The van der Waals surface area contributed by atoms with Crippen LogP contribution in [0.25, 0.3) is 0 Å². The molecule has 1 aromatic rings. The molecule has 1 N–H and O–H groups in total. The van der Waals surface area contributed by atoms with Crippen LogP contribution in [-0.4, -0.2) is 10.9 Å². The Morgan fingerprint density at radius 3 is 2.50 bits per heavy atom. The molecule has 2 aliphatic rings. The number of ketones is 1. The lowest BCUT2D eigenvalue weighted by atomic mass is 9.50. The first-order valence-corrected chi connectivity index (χ1v) is 8.58. The van der Waals surface area contributed by atoms with E-state index < -0.39 is 0 Å². The van der Waals surface area contributed by atoms with Gasteiger partial charge < -0.3 is 5.11 Å². The second-order valence-corrected chi connectivity index (χ2v) is 8.52. The highest BCUT2D eigenvalue weighted by Crippen LogP contribution is 2.58. The maximum atomic E-state index is 12.8. The van der Waals surface area contributed by atoms with Gasteiger partial charge in [-0.3, -0.25) is 4.79 Å². The number of Topliss-reactive ketones (excluding diaryl/α,β-unsaturated/α-hetero) is 1. The number of fused-ring (bicyclic) bond motifs is 3. The van der Waals surface area contributed by atoms with Crippen molar-refractivity contribution in [2.24, 2.45) is 11.3 Å². The van der Waals surface area contributed by atoms with Crippen LogP contribution in [0.3, 0.4) is 0 Å². The monoisotopic (exact) mass is 300 g/mol. The lowest BCUT2D eigenvalue weighted by Gasteiger charge is -2.53. The lowest BCUT2D eigenvalue weighted by Crippen LogP contribution is -2.49. The summed E-state index contributed by atoms with van der Waals surface area (Å²) in [6.07, 6.45) is 4.07. The number of rotatable bonds is 1. The fourth-order valence-electron chi connectivity index (χ4n) is 5.06. The van der Waals surface area contributed by atoms with Crippen LogP contribution in [-0.2, 0) is 5.41 Å². The smallest absolute Gasteiger partial charge is 0.167 e. The Hall–Kier alpha value is -1.31. The average Bonchev–Trinajstić information content (AvgIpc) is 2.41. The maximum absolute atomic E-state index is 12.8. The molecule has 2 nitrogen and oxygen atoms in total. The van der Waals surface area contributed by atoms with Crippen molar-refractivity contribution < 1.29 is 9.90 Å². The molecule has 0 spiro atoms. The van der Waals surface area contributed by atoms with Gasteiger partial charge in [-0.2, -0.15) is 0 Å². The topological polar surface area (TPSA) is 37.3 Å². The normalized spacial score (nSPS) is 30.1. The SMILES string of the molecule is CC(C)c1ccc2c(c1O)C(=O)C[C@H]1C(C)(C)CCC[C@]21C. The van der Waals surface area contributed by atoms with Crippen LogP contribution in [0.4, 0.5) is 0 Å². The largest absolute Gasteiger partial charge is 0.507 e. The molecule has 2 heteroatoms. The van der Waals surface area contributed by atoms with Crippen LogP contribution in [0.5, 0.6) is 5.75 Å². The van der Waals surface area contributed by atoms with Crippen LogP contribution in [0, 0.1) is 11.3 Å². The van der Waals surface area contributed by atoms with Gasteiger partial charge in [0.2, 0.25) is 0 Å². The molecule has 0 radical (unpaired) electrons. The molecule has 2 aliphatic carbocycles. The number of carbonyl (C=O) groups excluding carboxylic acids is 1. The summed E-state index contributed by atoms with van der Waals surface area (Å²) in [5.41, 5.74) is 2.79. The molecule has 0 heterocycles. The highest BCUT2D eigenvalue weighted by atomic mass is 16.3. The van der Waals surface area contributed by atoms with E-state index in [2.05, 4.69) is 40.7 Å². The Kier molecular flexibility index (Phi) is 3.43. The maximum Gasteiger partial charge on any atom is 0.167 e. The molecule has 2 atom stereocenters. The van der Waals surface area contributed by atoms with Gasteiger partial charge in [0, 0.05) is 6.42 Å². The minimum Gasteiger partial charge on any atom is -0.507 e. The quantitative estimate of drug-likeness (QED) is 0.775. The fraction of sp³-hybridized carbons (Fsp3) is 0.650. The summed E-state index contributed by atoms with van der Waals surface area (Å²) >= 11 is 0. The molecule has 0 aliphatic heterocycles. The van der Waals surface area contributed by atoms with Crippen molar-refractivity contribution in [1.82, 2.24) is 0 Å². The summed E-state index contributed by atoms with van der Waals surface area (Å²) < 4.78 is 0. The van der Waals surface area contributed by atoms with Gasteiger partial charge in [-0.25, -0.2) is 0 Å². The Labute approximate surface area is 133 Å². The third-order valence-corrected chi connectivity index (χ3v) is 6.34. The van der Waals surface area contributed by atoms with Gasteiger partial charge in [0.1, 0.15) is 5.75 Å². The van der Waals surface area contributed by atoms with E-state index in [0.29, 0.717) is 17.9 Å². The first-order chi connectivity index (χ1) is 10.2. The Morgan fingerprint density at radius 1 is 1.18 bits per heavy atom. The average molecular weight is 300 g/mol. The van der Waals surface area contributed by atoms with Crippen molar-refractivity contribution in [2.75, 3.05) is 0 Å². The zero-order valence-electron chi connectivity index (χ0n) is 14.5. The van der Waals surface area contributed by atoms with Gasteiger partial charge >= 0.3 is 0 Å². The van der Waals surface area contributed by atoms with Crippen molar-refractivity contribution in [3.8, 4) is 5.75 Å². The second-order valence-electron chi connectivity index (χ2n) is 8.52. The summed E-state index contributed by atoms with van der Waals surface area (Å²) in [6, 6.07) is 4.15. The van der Waals surface area contributed by atoms with Crippen LogP contribution in [0.1, 0.15) is 87.7 Å². The fourth-order valence-corrected chi connectivity index (χ4v) is 5.06. The van der Waals surface area contributed by atoms with E-state index in [1.165, 1.54) is 12.8 Å². The molecule has 0 aromatic heterocycles. The number of aromatic hydroxyl groups is 1. The predicted octanol–water partition coefficient (Wildman–Crippen LogP) is 5.19. The van der Waals surface area contributed by atoms with Crippen LogP contribution < -0.4 is 0 Å². The van der Waals surface area contributed by atoms with E-state index in [-0.39, 0.29) is 28.3 Å². The summed E-state index contributed by atoms with van der Waals surface area (Å²) in [4.78, 5) is 12.8. The Balaban J connectivity index is 2.22. The van der Waals surface area contributed by atoms with E-state index in [1.807, 2.05) is 6.07 Å². The van der Waals surface area contributed by atoms with Crippen LogP contribution in [0.15, 0.2) is 12.1 Å². The predicted molar refractivity (Wildman–Crippen MR) is 89.6 cm³/mol. The summed E-state index contributed by atoms with van der Waals surface area (Å²) in [5, 5.41) is 10.7. The van der Waals surface area contributed by atoms with Gasteiger partial charge in [-0.1, -0.05) is 53.2 Å². The van der Waals surface area contributed by atoms with E-state index >= 15 is 0 Å². The summed E-state index contributed by atoms with van der Waals surface area (Å²) in [7, 11) is 0. The van der Waals surface area contributed by atoms with Crippen LogP contribution >= 0.6 is 0 Å². The standard InChI is InChI=1S/C20H28O2/c1-12(2)13-7-8-14-17(18(13)22)15(21)11-16-19(3,4)9-6-10-20(14,16)5/h7-8,12,16,22H,6,9-11H2,1-5H3/t16-,20+/m0/s1. The Morgan fingerprint density at radius 2 is 1.86 bits per heavy atom. The van der Waals surface area contributed by atoms with Crippen molar-refractivity contribution in [1.29, 1.82) is 0 Å². The molecule has 3 rings (SSSR count). The van der Waals surface area contributed by atoms with Gasteiger partial charge in [0.25, 0.3) is 0 Å². The first-order valence-electron chi connectivity index (χ1n) is 8.58.